The molecule has 10 heteroatoms. The fourth-order valence-corrected chi connectivity index (χ4v) is 2.72. The van der Waals surface area contributed by atoms with Crippen molar-refractivity contribution in [2.24, 2.45) is 0 Å². The summed E-state index contributed by atoms with van der Waals surface area (Å²) in [6.07, 6.45) is 2.11. The number of hydrogen-bond acceptors (Lipinski definition) is 4. The molecule has 0 aliphatic carbocycles. The maximum atomic E-state index is 13.8. The van der Waals surface area contributed by atoms with E-state index >= 15 is 0 Å². The number of amides is 1. The van der Waals surface area contributed by atoms with Crippen LogP contribution in [-0.4, -0.2) is 27.1 Å². The maximum Gasteiger partial charge on any atom is 0.241 e. The van der Waals surface area contributed by atoms with Crippen LogP contribution in [0, 0.1) is 17.5 Å². The minimum Gasteiger partial charge on any atom is -0.467 e. The zero-order valence-corrected chi connectivity index (χ0v) is 13.2. The zero-order valence-electron chi connectivity index (χ0n) is 12.4. The van der Waals surface area contributed by atoms with Crippen molar-refractivity contribution in [1.82, 2.24) is 5.32 Å². The maximum absolute atomic E-state index is 13.8. The predicted molar refractivity (Wildman–Crippen MR) is 79.1 cm³/mol. The molecule has 1 heterocycles. The molecule has 0 unspecified atom stereocenters. The molecule has 1 aromatic heterocycles. The highest BCUT2D eigenvalue weighted by atomic mass is 32.2. The Hall–Kier alpha value is -2.49. The van der Waals surface area contributed by atoms with Gasteiger partial charge in [0.1, 0.15) is 12.3 Å². The van der Waals surface area contributed by atoms with Crippen LogP contribution in [0.3, 0.4) is 0 Å². The number of carbonyl (C=O) groups is 1. The molecule has 0 radical (unpaired) electrons. The van der Waals surface area contributed by atoms with Gasteiger partial charge in [0.15, 0.2) is 17.5 Å². The van der Waals surface area contributed by atoms with E-state index in [0.29, 0.717) is 22.4 Å². The second-order valence-electron chi connectivity index (χ2n) is 4.82. The van der Waals surface area contributed by atoms with E-state index in [4.69, 9.17) is 4.42 Å². The molecule has 0 saturated heterocycles. The Kier molecular flexibility index (Phi) is 5.17. The number of anilines is 1. The average molecular weight is 362 g/mol. The van der Waals surface area contributed by atoms with E-state index < -0.39 is 45.6 Å². The topological polar surface area (TPSA) is 79.6 Å². The number of halogens is 3. The van der Waals surface area contributed by atoms with Gasteiger partial charge in [-0.1, -0.05) is 0 Å². The smallest absolute Gasteiger partial charge is 0.241 e. The van der Waals surface area contributed by atoms with E-state index in [0.717, 1.165) is 6.07 Å². The van der Waals surface area contributed by atoms with Crippen molar-refractivity contribution in [3.63, 3.8) is 0 Å². The number of nitrogens with one attached hydrogen (secondary N) is 1. The molecule has 1 amide bonds. The number of rotatable bonds is 6. The third kappa shape index (κ3) is 4.07. The summed E-state index contributed by atoms with van der Waals surface area (Å²) in [5, 5.41) is 2.37. The Morgan fingerprint density at radius 3 is 2.50 bits per heavy atom. The van der Waals surface area contributed by atoms with E-state index in [-0.39, 0.29) is 6.54 Å². The van der Waals surface area contributed by atoms with E-state index in [9.17, 15) is 26.4 Å². The minimum atomic E-state index is -4.12. The molecule has 2 rings (SSSR count). The number of hydrogen-bond donors (Lipinski definition) is 1. The summed E-state index contributed by atoms with van der Waals surface area (Å²) in [5.74, 6) is -5.34. The normalized spacial score (nSPS) is 11.3. The molecule has 0 aliphatic rings. The van der Waals surface area contributed by atoms with Crippen LogP contribution >= 0.6 is 0 Å². The molecule has 1 N–H and O–H groups in total. The molecule has 6 nitrogen and oxygen atoms in total. The van der Waals surface area contributed by atoms with Crippen LogP contribution in [0.1, 0.15) is 5.76 Å². The Labute approximate surface area is 135 Å². The van der Waals surface area contributed by atoms with Crippen molar-refractivity contribution in [3.05, 3.63) is 53.7 Å². The van der Waals surface area contributed by atoms with Crippen LogP contribution in [0.2, 0.25) is 0 Å². The lowest BCUT2D eigenvalue weighted by Crippen LogP contribution is -2.40. The molecular weight excluding hydrogens is 349 g/mol. The van der Waals surface area contributed by atoms with E-state index in [1.807, 2.05) is 0 Å². The van der Waals surface area contributed by atoms with Crippen LogP contribution in [0.15, 0.2) is 34.9 Å². The first-order chi connectivity index (χ1) is 11.2. The van der Waals surface area contributed by atoms with Gasteiger partial charge in [-0.3, -0.25) is 9.10 Å². The summed E-state index contributed by atoms with van der Waals surface area (Å²) in [4.78, 5) is 11.9. The van der Waals surface area contributed by atoms with Gasteiger partial charge in [-0.25, -0.2) is 21.6 Å². The van der Waals surface area contributed by atoms with Crippen molar-refractivity contribution < 1.29 is 30.8 Å². The summed E-state index contributed by atoms with van der Waals surface area (Å²) in [6, 6.07) is 4.51. The minimum absolute atomic E-state index is 0.0102. The highest BCUT2D eigenvalue weighted by Crippen LogP contribution is 2.25. The van der Waals surface area contributed by atoms with Gasteiger partial charge >= 0.3 is 0 Å². The van der Waals surface area contributed by atoms with Gasteiger partial charge in [0.25, 0.3) is 0 Å². The summed E-state index contributed by atoms with van der Waals surface area (Å²) >= 11 is 0. The molecule has 24 heavy (non-hydrogen) atoms. The molecule has 130 valence electrons. The van der Waals surface area contributed by atoms with E-state index in [2.05, 4.69) is 5.32 Å². The fourth-order valence-electron chi connectivity index (χ4n) is 1.87. The van der Waals surface area contributed by atoms with Crippen LogP contribution < -0.4 is 9.62 Å². The Balaban J connectivity index is 2.21. The predicted octanol–water partition coefficient (Wildman–Crippen LogP) is 1.78. The molecule has 0 spiro atoms. The standard InChI is InChI=1S/C14H13F3N2O4S/c1-24(21,22)19(11-5-4-10(15)13(16)14(11)17)8-12(20)18-7-9-3-2-6-23-9/h2-6H,7-8H2,1H3,(H,18,20). The first kappa shape index (κ1) is 17.9. The van der Waals surface area contributed by atoms with Crippen molar-refractivity contribution in [1.29, 1.82) is 0 Å². The first-order valence-corrected chi connectivity index (χ1v) is 8.45. The van der Waals surface area contributed by atoms with Gasteiger partial charge in [-0.2, -0.15) is 0 Å². The van der Waals surface area contributed by atoms with Gasteiger partial charge in [0.05, 0.1) is 24.8 Å². The summed E-state index contributed by atoms with van der Waals surface area (Å²) < 4.78 is 69.1. The molecule has 0 bridgehead atoms. The third-order valence-electron chi connectivity index (χ3n) is 3.01. The highest BCUT2D eigenvalue weighted by molar-refractivity contribution is 7.92. The molecule has 0 saturated carbocycles. The Morgan fingerprint density at radius 1 is 1.21 bits per heavy atom. The van der Waals surface area contributed by atoms with Gasteiger partial charge in [0, 0.05) is 0 Å². The second-order valence-corrected chi connectivity index (χ2v) is 6.73. The van der Waals surface area contributed by atoms with Crippen LogP contribution in [-0.2, 0) is 21.4 Å². The number of nitrogens with zero attached hydrogens (tertiary/aromatic N) is 1. The zero-order chi connectivity index (χ0) is 17.9. The van der Waals surface area contributed by atoms with Crippen LogP contribution in [0.5, 0.6) is 0 Å². The lowest BCUT2D eigenvalue weighted by Gasteiger charge is -2.22. The van der Waals surface area contributed by atoms with Gasteiger partial charge in [0.2, 0.25) is 15.9 Å². The molecule has 0 atom stereocenters. The van der Waals surface area contributed by atoms with Gasteiger partial charge in [-0.15, -0.1) is 0 Å². The van der Waals surface area contributed by atoms with Crippen LogP contribution in [0.25, 0.3) is 0 Å². The molecule has 1 aromatic carbocycles. The molecule has 0 aliphatic heterocycles. The van der Waals surface area contributed by atoms with Gasteiger partial charge < -0.3 is 9.73 Å². The van der Waals surface area contributed by atoms with E-state index in [1.54, 1.807) is 12.1 Å². The number of benzene rings is 1. The number of furan rings is 1. The molecular formula is C14H13F3N2O4S. The number of carbonyl (C=O) groups excluding carboxylic acids is 1. The summed E-state index contributed by atoms with van der Waals surface area (Å²) in [7, 11) is -4.12. The fraction of sp³-hybridized carbons (Fsp3) is 0.214. The van der Waals surface area contributed by atoms with Crippen molar-refractivity contribution in [3.8, 4) is 0 Å². The van der Waals surface area contributed by atoms with Crippen molar-refractivity contribution >= 4 is 21.6 Å². The quantitative estimate of drug-likeness (QED) is 0.795. The summed E-state index contributed by atoms with van der Waals surface area (Å²) in [6.45, 7) is -0.814. The largest absolute Gasteiger partial charge is 0.467 e. The summed E-state index contributed by atoms with van der Waals surface area (Å²) in [5.41, 5.74) is -0.760. The molecule has 2 aromatic rings. The monoisotopic (exact) mass is 362 g/mol. The Morgan fingerprint density at radius 2 is 1.92 bits per heavy atom. The van der Waals surface area contributed by atoms with Crippen molar-refractivity contribution in [2.75, 3.05) is 17.1 Å². The van der Waals surface area contributed by atoms with Crippen LogP contribution in [0.4, 0.5) is 18.9 Å². The second kappa shape index (κ2) is 6.95. The lowest BCUT2D eigenvalue weighted by atomic mass is 10.2. The Bertz CT molecular complexity index is 838. The van der Waals surface area contributed by atoms with Gasteiger partial charge in [-0.05, 0) is 24.3 Å². The first-order valence-electron chi connectivity index (χ1n) is 6.60. The molecule has 0 fully saturated rings. The lowest BCUT2D eigenvalue weighted by molar-refractivity contribution is -0.119. The highest BCUT2D eigenvalue weighted by Gasteiger charge is 2.26. The SMILES string of the molecule is CS(=O)(=O)N(CC(=O)NCc1ccco1)c1ccc(F)c(F)c1F. The number of sulfonamides is 1. The van der Waals surface area contributed by atoms with Crippen molar-refractivity contribution in [2.45, 2.75) is 6.54 Å². The third-order valence-corrected chi connectivity index (χ3v) is 4.14. The van der Waals surface area contributed by atoms with E-state index in [1.165, 1.54) is 6.26 Å². The average Bonchev–Trinajstić information content (AvgIpc) is 3.01.